The largest absolute Gasteiger partial charge is 0.379 e. The number of hydrogen-bond acceptors (Lipinski definition) is 5. The molecule has 1 aromatic heterocycles. The van der Waals surface area contributed by atoms with E-state index in [1.165, 1.54) is 16.7 Å². The van der Waals surface area contributed by atoms with Gasteiger partial charge in [-0.25, -0.2) is 4.98 Å². The van der Waals surface area contributed by atoms with E-state index in [2.05, 4.69) is 55.8 Å². The predicted octanol–water partition coefficient (Wildman–Crippen LogP) is 2.46. The lowest BCUT2D eigenvalue weighted by atomic mass is 10.1. The normalized spacial score (nSPS) is 14.7. The van der Waals surface area contributed by atoms with Crippen molar-refractivity contribution in [2.45, 2.75) is 19.6 Å². The van der Waals surface area contributed by atoms with Gasteiger partial charge in [0.1, 0.15) is 5.82 Å². The van der Waals surface area contributed by atoms with Gasteiger partial charge in [0, 0.05) is 60.1 Å². The maximum Gasteiger partial charge on any atom is 0.191 e. The molecule has 0 aliphatic carbocycles. The van der Waals surface area contributed by atoms with Gasteiger partial charge in [-0.05, 0) is 28.8 Å². The summed E-state index contributed by atoms with van der Waals surface area (Å²) in [5.41, 5.74) is 3.81. The Morgan fingerprint density at radius 1 is 1.10 bits per heavy atom. The highest BCUT2D eigenvalue weighted by Crippen LogP contribution is 2.13. The van der Waals surface area contributed by atoms with Crippen LogP contribution in [0.3, 0.4) is 0 Å². The van der Waals surface area contributed by atoms with Crippen LogP contribution >= 0.6 is 24.0 Å². The average molecular weight is 524 g/mol. The molecule has 2 aromatic rings. The minimum absolute atomic E-state index is 0. The van der Waals surface area contributed by atoms with Gasteiger partial charge in [0.15, 0.2) is 5.96 Å². The van der Waals surface area contributed by atoms with Gasteiger partial charge < -0.3 is 20.3 Å². The van der Waals surface area contributed by atoms with Crippen LogP contribution < -0.4 is 15.5 Å². The van der Waals surface area contributed by atoms with E-state index >= 15 is 0 Å². The zero-order valence-electron chi connectivity index (χ0n) is 18.1. The van der Waals surface area contributed by atoms with Crippen molar-refractivity contribution in [3.63, 3.8) is 0 Å². The molecule has 1 saturated heterocycles. The number of nitrogens with one attached hydrogen (secondary N) is 2. The molecular weight excluding hydrogens is 491 g/mol. The number of pyridine rings is 1. The molecule has 2 heterocycles. The molecule has 0 bridgehead atoms. The molecule has 0 radical (unpaired) electrons. The van der Waals surface area contributed by atoms with Gasteiger partial charge >= 0.3 is 0 Å². The van der Waals surface area contributed by atoms with Crippen LogP contribution in [0.4, 0.5) is 5.82 Å². The number of morpholine rings is 1. The fourth-order valence-electron chi connectivity index (χ4n) is 3.28. The summed E-state index contributed by atoms with van der Waals surface area (Å²) in [5, 5.41) is 6.83. The summed E-state index contributed by atoms with van der Waals surface area (Å²) in [6, 6.07) is 12.7. The van der Waals surface area contributed by atoms with E-state index in [0.717, 1.165) is 51.2 Å². The fraction of sp³-hybridized carbons (Fsp3) is 0.455. The number of benzene rings is 1. The van der Waals surface area contributed by atoms with Crippen LogP contribution in [-0.2, 0) is 24.4 Å². The second-order valence-corrected chi connectivity index (χ2v) is 7.35. The van der Waals surface area contributed by atoms with Gasteiger partial charge in [-0.15, -0.1) is 24.0 Å². The maximum absolute atomic E-state index is 5.46. The van der Waals surface area contributed by atoms with Gasteiger partial charge in [-0.2, -0.15) is 0 Å². The van der Waals surface area contributed by atoms with Crippen LogP contribution in [-0.4, -0.2) is 63.3 Å². The zero-order valence-corrected chi connectivity index (χ0v) is 20.4. The number of nitrogens with zero attached hydrogens (tertiary/aromatic N) is 4. The monoisotopic (exact) mass is 524 g/mol. The van der Waals surface area contributed by atoms with E-state index in [0.29, 0.717) is 6.54 Å². The van der Waals surface area contributed by atoms with Crippen LogP contribution in [0, 0.1) is 0 Å². The highest BCUT2D eigenvalue weighted by Gasteiger charge is 2.12. The van der Waals surface area contributed by atoms with Gasteiger partial charge in [-0.3, -0.25) is 9.89 Å². The van der Waals surface area contributed by atoms with Crippen LogP contribution in [0.2, 0.25) is 0 Å². The highest BCUT2D eigenvalue weighted by molar-refractivity contribution is 14.0. The number of anilines is 1. The minimum atomic E-state index is 0. The standard InChI is InChI=1S/C22H32N6O.HI/c1-23-22(25-15-18-8-9-24-21(14-18)27(2)3)26-16-19-6-4-5-7-20(19)17-28-10-12-29-13-11-28;/h4-9,14H,10-13,15-17H2,1-3H3,(H2,23,25,26);1H. The molecule has 0 amide bonds. The average Bonchev–Trinajstić information content (AvgIpc) is 2.76. The second kappa shape index (κ2) is 12.7. The molecule has 164 valence electrons. The maximum atomic E-state index is 5.46. The summed E-state index contributed by atoms with van der Waals surface area (Å²) >= 11 is 0. The Labute approximate surface area is 196 Å². The molecule has 3 rings (SSSR count). The van der Waals surface area contributed by atoms with Gasteiger partial charge in [0.05, 0.1) is 13.2 Å². The molecule has 0 atom stereocenters. The number of hydrogen-bond donors (Lipinski definition) is 2. The van der Waals surface area contributed by atoms with Crippen molar-refractivity contribution in [1.82, 2.24) is 20.5 Å². The first-order valence-corrected chi connectivity index (χ1v) is 10.1. The van der Waals surface area contributed by atoms with Gasteiger partial charge in [-0.1, -0.05) is 24.3 Å². The Morgan fingerprint density at radius 3 is 2.50 bits per heavy atom. The molecule has 1 aliphatic rings. The predicted molar refractivity (Wildman–Crippen MR) is 134 cm³/mol. The Morgan fingerprint density at radius 2 is 1.80 bits per heavy atom. The van der Waals surface area contributed by atoms with E-state index in [9.17, 15) is 0 Å². The fourth-order valence-corrected chi connectivity index (χ4v) is 3.28. The minimum Gasteiger partial charge on any atom is -0.379 e. The summed E-state index contributed by atoms with van der Waals surface area (Å²) in [5.74, 6) is 1.73. The third-order valence-electron chi connectivity index (χ3n) is 5.01. The molecule has 0 spiro atoms. The zero-order chi connectivity index (χ0) is 20.5. The molecule has 2 N–H and O–H groups in total. The Balaban J connectivity index is 0.00000320. The molecule has 1 aliphatic heterocycles. The molecule has 1 fully saturated rings. The van der Waals surface area contributed by atoms with Crippen molar-refractivity contribution < 1.29 is 4.74 Å². The van der Waals surface area contributed by atoms with Crippen molar-refractivity contribution in [1.29, 1.82) is 0 Å². The van der Waals surface area contributed by atoms with E-state index in [4.69, 9.17) is 4.74 Å². The molecular formula is C22H33IN6O. The lowest BCUT2D eigenvalue weighted by Crippen LogP contribution is -2.37. The number of halogens is 1. The van der Waals surface area contributed by atoms with Crippen LogP contribution in [0.1, 0.15) is 16.7 Å². The summed E-state index contributed by atoms with van der Waals surface area (Å²) in [7, 11) is 5.79. The third kappa shape index (κ3) is 7.41. The van der Waals surface area contributed by atoms with Crippen LogP contribution in [0.15, 0.2) is 47.6 Å². The van der Waals surface area contributed by atoms with Gasteiger partial charge in [0.25, 0.3) is 0 Å². The van der Waals surface area contributed by atoms with E-state index in [1.807, 2.05) is 31.3 Å². The van der Waals surface area contributed by atoms with Crippen molar-refractivity contribution >= 4 is 35.8 Å². The Bertz CT molecular complexity index is 808. The number of rotatable bonds is 7. The first-order valence-electron chi connectivity index (χ1n) is 10.1. The summed E-state index contributed by atoms with van der Waals surface area (Å²) < 4.78 is 5.46. The van der Waals surface area contributed by atoms with Crippen molar-refractivity contribution in [2.75, 3.05) is 52.3 Å². The quantitative estimate of drug-likeness (QED) is 0.330. The molecule has 8 heteroatoms. The first-order chi connectivity index (χ1) is 14.2. The van der Waals surface area contributed by atoms with Crippen molar-refractivity contribution in [3.8, 4) is 0 Å². The SMILES string of the molecule is CN=C(NCc1ccnc(N(C)C)c1)NCc1ccccc1CN1CCOCC1.I. The molecule has 0 unspecified atom stereocenters. The van der Waals surface area contributed by atoms with E-state index in [1.54, 1.807) is 7.05 Å². The summed E-state index contributed by atoms with van der Waals surface area (Å²) in [6.07, 6.45) is 1.84. The first kappa shape index (κ1) is 24.4. The van der Waals surface area contributed by atoms with Crippen LogP contribution in [0.5, 0.6) is 0 Å². The van der Waals surface area contributed by atoms with Crippen molar-refractivity contribution in [3.05, 3.63) is 59.3 Å². The van der Waals surface area contributed by atoms with Crippen LogP contribution in [0.25, 0.3) is 0 Å². The molecule has 30 heavy (non-hydrogen) atoms. The summed E-state index contributed by atoms with van der Waals surface area (Å²) in [6.45, 7) is 6.01. The number of guanidine groups is 1. The van der Waals surface area contributed by atoms with Gasteiger partial charge in [0.2, 0.25) is 0 Å². The number of aromatic nitrogens is 1. The number of ether oxygens (including phenoxy) is 1. The van der Waals surface area contributed by atoms with Crippen molar-refractivity contribution in [2.24, 2.45) is 4.99 Å². The Hall–Kier alpha value is -1.91. The molecule has 0 saturated carbocycles. The smallest absolute Gasteiger partial charge is 0.191 e. The topological polar surface area (TPSA) is 65.0 Å². The lowest BCUT2D eigenvalue weighted by Gasteiger charge is -2.27. The summed E-state index contributed by atoms with van der Waals surface area (Å²) in [4.78, 5) is 13.2. The molecule has 7 nitrogen and oxygen atoms in total. The third-order valence-corrected chi connectivity index (χ3v) is 5.01. The highest BCUT2D eigenvalue weighted by atomic mass is 127. The second-order valence-electron chi connectivity index (χ2n) is 7.35. The Kier molecular flexibility index (Phi) is 10.3. The number of aliphatic imine (C=N–C) groups is 1. The van der Waals surface area contributed by atoms with E-state index in [-0.39, 0.29) is 24.0 Å². The molecule has 1 aromatic carbocycles. The van der Waals surface area contributed by atoms with E-state index < -0.39 is 0 Å². The lowest BCUT2D eigenvalue weighted by molar-refractivity contribution is 0.0341.